The van der Waals surface area contributed by atoms with E-state index in [0.717, 1.165) is 41.2 Å². The van der Waals surface area contributed by atoms with Crippen LogP contribution < -0.4 is 0 Å². The van der Waals surface area contributed by atoms with Crippen LogP contribution in [0.1, 0.15) is 41.5 Å². The highest BCUT2D eigenvalue weighted by Crippen LogP contribution is 2.29. The number of hydrogen-bond acceptors (Lipinski definition) is 6. The average molecular weight is 412 g/mol. The lowest BCUT2D eigenvalue weighted by Gasteiger charge is -2.33. The summed E-state index contributed by atoms with van der Waals surface area (Å²) in [6, 6.07) is 10.0. The van der Waals surface area contributed by atoms with Crippen molar-refractivity contribution in [3.05, 3.63) is 57.7 Å². The van der Waals surface area contributed by atoms with Crippen molar-refractivity contribution < 1.29 is 14.1 Å². The molecule has 0 aliphatic carbocycles. The molecule has 0 spiro atoms. The molecule has 4 heterocycles. The first-order valence-electron chi connectivity index (χ1n) is 10.00. The van der Waals surface area contributed by atoms with Gasteiger partial charge in [-0.25, -0.2) is 4.98 Å². The molecular weight excluding hydrogens is 386 g/mol. The number of carbonyl (C=O) groups is 1. The van der Waals surface area contributed by atoms with Crippen molar-refractivity contribution in [1.29, 1.82) is 0 Å². The van der Waals surface area contributed by atoms with Crippen LogP contribution in [0.3, 0.4) is 0 Å². The Morgan fingerprint density at radius 2 is 2.21 bits per heavy atom. The van der Waals surface area contributed by atoms with Crippen LogP contribution in [0.4, 0.5) is 0 Å². The van der Waals surface area contributed by atoms with Crippen molar-refractivity contribution in [2.24, 2.45) is 0 Å². The number of hydrogen-bond donors (Lipinski definition) is 0. The molecule has 1 amide bonds. The second-order valence-corrected chi connectivity index (χ2v) is 8.18. The van der Waals surface area contributed by atoms with E-state index in [1.807, 2.05) is 48.4 Å². The molecular formula is C22H25N3O3S. The molecule has 29 heavy (non-hydrogen) atoms. The third kappa shape index (κ3) is 4.41. The van der Waals surface area contributed by atoms with Crippen molar-refractivity contribution >= 4 is 17.2 Å². The first-order chi connectivity index (χ1) is 14.2. The van der Waals surface area contributed by atoms with E-state index in [9.17, 15) is 4.79 Å². The Bertz CT molecular complexity index is 968. The van der Waals surface area contributed by atoms with Crippen molar-refractivity contribution in [1.82, 2.24) is 15.0 Å². The summed E-state index contributed by atoms with van der Waals surface area (Å²) in [6.45, 7) is 5.65. The van der Waals surface area contributed by atoms with Gasteiger partial charge in [-0.3, -0.25) is 4.79 Å². The highest BCUT2D eigenvalue weighted by molar-refractivity contribution is 7.09. The number of morpholine rings is 1. The number of rotatable bonds is 6. The topological polar surface area (TPSA) is 68.5 Å². The Kier molecular flexibility index (Phi) is 6.06. The predicted molar refractivity (Wildman–Crippen MR) is 112 cm³/mol. The molecule has 3 aromatic heterocycles. The first-order valence-corrected chi connectivity index (χ1v) is 10.9. The summed E-state index contributed by atoms with van der Waals surface area (Å²) in [4.78, 5) is 20.7. The zero-order valence-electron chi connectivity index (χ0n) is 16.8. The molecule has 1 fully saturated rings. The van der Waals surface area contributed by atoms with Crippen molar-refractivity contribution in [2.45, 2.75) is 39.2 Å². The molecule has 4 rings (SSSR count). The number of nitrogens with zero attached hydrogens (tertiary/aromatic N) is 3. The van der Waals surface area contributed by atoms with Crippen LogP contribution in [-0.4, -0.2) is 40.6 Å². The van der Waals surface area contributed by atoms with Crippen LogP contribution in [0.5, 0.6) is 0 Å². The van der Waals surface area contributed by atoms with Gasteiger partial charge in [-0.2, -0.15) is 0 Å². The molecule has 1 saturated heterocycles. The molecule has 3 aromatic rings. The largest absolute Gasteiger partial charge is 0.368 e. The summed E-state index contributed by atoms with van der Waals surface area (Å²) in [6.07, 6.45) is 1.85. The number of ether oxygens (including phenoxy) is 1. The monoisotopic (exact) mass is 411 g/mol. The summed E-state index contributed by atoms with van der Waals surface area (Å²) < 4.78 is 11.4. The zero-order valence-corrected chi connectivity index (χ0v) is 17.6. The Labute approximate surface area is 174 Å². The van der Waals surface area contributed by atoms with E-state index in [1.165, 1.54) is 4.88 Å². The summed E-state index contributed by atoms with van der Waals surface area (Å²) >= 11 is 1.70. The van der Waals surface area contributed by atoms with E-state index in [0.29, 0.717) is 26.1 Å². The van der Waals surface area contributed by atoms with Gasteiger partial charge in [-0.15, -0.1) is 11.3 Å². The van der Waals surface area contributed by atoms with Crippen molar-refractivity contribution in [2.75, 3.05) is 19.7 Å². The molecule has 0 saturated carbocycles. The molecule has 1 atom stereocenters. The van der Waals surface area contributed by atoms with Gasteiger partial charge >= 0.3 is 0 Å². The Hall–Kier alpha value is -2.51. The Morgan fingerprint density at radius 1 is 1.31 bits per heavy atom. The molecule has 6 nitrogen and oxygen atoms in total. The van der Waals surface area contributed by atoms with Crippen LogP contribution in [0.15, 0.2) is 40.2 Å². The van der Waals surface area contributed by atoms with E-state index in [4.69, 9.17) is 14.2 Å². The lowest BCUT2D eigenvalue weighted by Crippen LogP contribution is -2.42. The van der Waals surface area contributed by atoms with Crippen LogP contribution in [0, 0.1) is 6.92 Å². The van der Waals surface area contributed by atoms with Gasteiger partial charge in [0.25, 0.3) is 0 Å². The van der Waals surface area contributed by atoms with Gasteiger partial charge in [0.15, 0.2) is 0 Å². The quantitative estimate of drug-likeness (QED) is 0.608. The highest BCUT2D eigenvalue weighted by Gasteiger charge is 2.27. The minimum atomic E-state index is -0.223. The van der Waals surface area contributed by atoms with Crippen molar-refractivity contribution in [3.8, 4) is 11.3 Å². The molecule has 1 aliphatic heterocycles. The summed E-state index contributed by atoms with van der Waals surface area (Å²) in [7, 11) is 0. The van der Waals surface area contributed by atoms with Gasteiger partial charge in [0, 0.05) is 24.3 Å². The van der Waals surface area contributed by atoms with Crippen LogP contribution in [-0.2, 0) is 22.4 Å². The molecule has 152 valence electrons. The first kappa shape index (κ1) is 19.8. The van der Waals surface area contributed by atoms with Gasteiger partial charge in [0.1, 0.15) is 11.9 Å². The maximum absolute atomic E-state index is 12.7. The van der Waals surface area contributed by atoms with E-state index in [2.05, 4.69) is 11.2 Å². The zero-order chi connectivity index (χ0) is 20.2. The SMILES string of the molecule is CCc1onc(C)c1-c1cccc([C@H]2CN(C(=O)CCc3cccs3)CCO2)n1. The number of carbonyl (C=O) groups excluding carboxylic acids is 1. The molecule has 0 radical (unpaired) electrons. The number of amides is 1. The maximum atomic E-state index is 12.7. The van der Waals surface area contributed by atoms with Crippen LogP contribution in [0.2, 0.25) is 0 Å². The van der Waals surface area contributed by atoms with Crippen LogP contribution in [0.25, 0.3) is 11.3 Å². The predicted octanol–water partition coefficient (Wildman–Crippen LogP) is 4.20. The normalized spacial score (nSPS) is 16.9. The fourth-order valence-corrected chi connectivity index (χ4v) is 4.36. The van der Waals surface area contributed by atoms with Gasteiger partial charge in [0.05, 0.1) is 35.8 Å². The van der Waals surface area contributed by atoms with Gasteiger partial charge in [0.2, 0.25) is 5.91 Å². The molecule has 0 N–H and O–H groups in total. The van der Waals surface area contributed by atoms with E-state index in [1.54, 1.807) is 11.3 Å². The number of pyridine rings is 1. The third-order valence-corrected chi connectivity index (χ3v) is 6.13. The fraction of sp³-hybridized carbons (Fsp3) is 0.409. The minimum Gasteiger partial charge on any atom is -0.368 e. The Balaban J connectivity index is 1.47. The standard InChI is InChI=1S/C22H25N3O3S/c1-3-19-22(15(2)24-28-19)18-8-4-7-17(23-18)20-14-25(11-12-27-20)21(26)10-9-16-6-5-13-29-16/h4-8,13,20H,3,9-12,14H2,1-2H3/t20-/m1/s1. The van der Waals surface area contributed by atoms with Crippen molar-refractivity contribution in [3.63, 3.8) is 0 Å². The number of aryl methyl sites for hydroxylation is 3. The highest BCUT2D eigenvalue weighted by atomic mass is 32.1. The fourth-order valence-electron chi connectivity index (χ4n) is 3.65. The minimum absolute atomic E-state index is 0.172. The third-order valence-electron chi connectivity index (χ3n) is 5.20. The van der Waals surface area contributed by atoms with Gasteiger partial charge in [-0.1, -0.05) is 24.2 Å². The molecule has 7 heteroatoms. The average Bonchev–Trinajstić information content (AvgIpc) is 3.41. The molecule has 1 aliphatic rings. The summed E-state index contributed by atoms with van der Waals surface area (Å²) in [5, 5.41) is 6.13. The molecule has 0 bridgehead atoms. The van der Waals surface area contributed by atoms with Crippen LogP contribution >= 0.6 is 11.3 Å². The summed E-state index contributed by atoms with van der Waals surface area (Å²) in [5.41, 5.74) is 3.46. The van der Waals surface area contributed by atoms with Gasteiger partial charge < -0.3 is 14.2 Å². The smallest absolute Gasteiger partial charge is 0.223 e. The molecule has 0 unspecified atom stereocenters. The Morgan fingerprint density at radius 3 is 3.00 bits per heavy atom. The maximum Gasteiger partial charge on any atom is 0.223 e. The van der Waals surface area contributed by atoms with E-state index >= 15 is 0 Å². The lowest BCUT2D eigenvalue weighted by atomic mass is 10.1. The lowest BCUT2D eigenvalue weighted by molar-refractivity contribution is -0.139. The molecule has 0 aromatic carbocycles. The van der Waals surface area contributed by atoms with E-state index in [-0.39, 0.29) is 12.0 Å². The second kappa shape index (κ2) is 8.88. The number of aromatic nitrogens is 2. The summed E-state index contributed by atoms with van der Waals surface area (Å²) in [5.74, 6) is 1.01. The van der Waals surface area contributed by atoms with Gasteiger partial charge in [-0.05, 0) is 36.9 Å². The number of thiophene rings is 1. The van der Waals surface area contributed by atoms with E-state index < -0.39 is 0 Å². The second-order valence-electron chi connectivity index (χ2n) is 7.15.